The minimum absolute atomic E-state index is 1.18. The molecule has 0 aliphatic heterocycles. The highest BCUT2D eigenvalue weighted by Gasteiger charge is 2.12. The van der Waals surface area contributed by atoms with Gasteiger partial charge in [0, 0.05) is 0 Å². The van der Waals surface area contributed by atoms with Gasteiger partial charge in [-0.15, -0.1) is 0 Å². The Labute approximate surface area is 254 Å². The highest BCUT2D eigenvalue weighted by Crippen LogP contribution is 2.33. The van der Waals surface area contributed by atoms with Crippen molar-refractivity contribution in [2.45, 2.75) is 102 Å². The van der Waals surface area contributed by atoms with Gasteiger partial charge in [0.2, 0.25) is 0 Å². The van der Waals surface area contributed by atoms with Gasteiger partial charge >= 0.3 is 0 Å². The highest BCUT2D eigenvalue weighted by molar-refractivity contribution is 5.82. The van der Waals surface area contributed by atoms with E-state index in [0.717, 1.165) is 0 Å². The van der Waals surface area contributed by atoms with E-state index in [1.54, 1.807) is 0 Å². The summed E-state index contributed by atoms with van der Waals surface area (Å²) in [5.74, 6) is 0. The lowest BCUT2D eigenvalue weighted by molar-refractivity contribution is 0.940. The number of hydrogen-bond acceptors (Lipinski definition) is 0. The van der Waals surface area contributed by atoms with E-state index in [4.69, 9.17) is 0 Å². The molecule has 0 atom stereocenters. The Morgan fingerprint density at radius 2 is 1.22 bits per heavy atom. The maximum Gasteiger partial charge on any atom is -0.0155 e. The van der Waals surface area contributed by atoms with E-state index in [0.29, 0.717) is 0 Å². The molecule has 0 N–H and O–H groups in total. The van der Waals surface area contributed by atoms with Crippen LogP contribution in [0, 0.1) is 27.7 Å². The molecular weight excluding hydrogens is 492 g/mol. The molecule has 41 heavy (non-hydrogen) atoms. The van der Waals surface area contributed by atoms with Gasteiger partial charge in [0.1, 0.15) is 0 Å². The van der Waals surface area contributed by atoms with Crippen molar-refractivity contribution in [2.24, 2.45) is 0 Å². The summed E-state index contributed by atoms with van der Waals surface area (Å²) in [6, 6.07) is 27.3. The lowest BCUT2D eigenvalue weighted by atomic mass is 9.86. The van der Waals surface area contributed by atoms with Crippen molar-refractivity contribution in [1.29, 1.82) is 0 Å². The van der Waals surface area contributed by atoms with E-state index >= 15 is 0 Å². The van der Waals surface area contributed by atoms with Crippen LogP contribution >= 0.6 is 0 Å². The van der Waals surface area contributed by atoms with E-state index < -0.39 is 0 Å². The van der Waals surface area contributed by atoms with E-state index in [9.17, 15) is 0 Å². The smallest absolute Gasteiger partial charge is 0.0155 e. The molecule has 3 aromatic carbocycles. The predicted octanol–water partition coefficient (Wildman–Crippen LogP) is 13.1. The van der Waals surface area contributed by atoms with Crippen molar-refractivity contribution in [3.05, 3.63) is 147 Å². The quantitative estimate of drug-likeness (QED) is 0.284. The fraction of sp³-hybridized carbons (Fsp3) is 0.366. The SMILES string of the molecule is C/C=C(\C(C)=C(/C)C1=C(C)CCC=C1)c1ccccc1C.CC.CCC.Cc1cccc(C)c1.Cc1ccccc1. The normalized spacial score (nSPS) is 12.6. The van der Waals surface area contributed by atoms with Gasteiger partial charge in [-0.25, -0.2) is 0 Å². The number of hydrogen-bond donors (Lipinski definition) is 0. The summed E-state index contributed by atoms with van der Waals surface area (Å²) in [6.07, 6.45) is 10.4. The fourth-order valence-electron chi connectivity index (χ4n) is 4.42. The summed E-state index contributed by atoms with van der Waals surface area (Å²) >= 11 is 0. The van der Waals surface area contributed by atoms with Crippen molar-refractivity contribution in [2.75, 3.05) is 0 Å². The molecule has 222 valence electrons. The van der Waals surface area contributed by atoms with Crippen LogP contribution < -0.4 is 0 Å². The van der Waals surface area contributed by atoms with Crippen LogP contribution in [0.15, 0.2) is 119 Å². The van der Waals surface area contributed by atoms with Crippen LogP contribution in [0.4, 0.5) is 0 Å². The first-order valence-electron chi connectivity index (χ1n) is 15.5. The number of rotatable bonds is 3. The second-order valence-corrected chi connectivity index (χ2v) is 10.4. The monoisotopic (exact) mass is 550 g/mol. The minimum Gasteiger partial charge on any atom is -0.0836 e. The van der Waals surface area contributed by atoms with Crippen LogP contribution in [0.5, 0.6) is 0 Å². The van der Waals surface area contributed by atoms with E-state index in [1.807, 2.05) is 32.0 Å². The van der Waals surface area contributed by atoms with Gasteiger partial charge in [0.15, 0.2) is 0 Å². The Morgan fingerprint density at radius 1 is 0.707 bits per heavy atom. The van der Waals surface area contributed by atoms with Crippen molar-refractivity contribution in [3.8, 4) is 0 Å². The lowest BCUT2D eigenvalue weighted by Crippen LogP contribution is -1.98. The molecule has 0 heterocycles. The van der Waals surface area contributed by atoms with Crippen molar-refractivity contribution in [3.63, 3.8) is 0 Å². The zero-order valence-electron chi connectivity index (χ0n) is 28.4. The summed E-state index contributed by atoms with van der Waals surface area (Å²) in [5, 5.41) is 0. The molecule has 0 spiro atoms. The van der Waals surface area contributed by atoms with Crippen molar-refractivity contribution < 1.29 is 0 Å². The van der Waals surface area contributed by atoms with Gasteiger partial charge in [-0.3, -0.25) is 0 Å². The molecule has 3 aromatic rings. The molecule has 1 aliphatic carbocycles. The first kappa shape index (κ1) is 37.6. The molecule has 0 amide bonds. The zero-order chi connectivity index (χ0) is 31.2. The Balaban J connectivity index is 0.000000651. The van der Waals surface area contributed by atoms with Crippen LogP contribution in [0.1, 0.15) is 102 Å². The van der Waals surface area contributed by atoms with E-state index in [2.05, 4.69) is 148 Å². The summed E-state index contributed by atoms with van der Waals surface area (Å²) in [7, 11) is 0. The summed E-state index contributed by atoms with van der Waals surface area (Å²) in [4.78, 5) is 0. The molecule has 0 fully saturated rings. The molecule has 0 saturated heterocycles. The maximum atomic E-state index is 2.29. The molecule has 1 aliphatic rings. The van der Waals surface area contributed by atoms with Gasteiger partial charge in [-0.2, -0.15) is 0 Å². The minimum atomic E-state index is 1.18. The predicted molar refractivity (Wildman–Crippen MR) is 189 cm³/mol. The van der Waals surface area contributed by atoms with Crippen molar-refractivity contribution in [1.82, 2.24) is 0 Å². The molecule has 0 aromatic heterocycles. The number of aryl methyl sites for hydroxylation is 4. The molecule has 4 rings (SSSR count). The van der Waals surface area contributed by atoms with Gasteiger partial charge in [0.05, 0.1) is 0 Å². The summed E-state index contributed by atoms with van der Waals surface area (Å²) in [5.41, 5.74) is 13.7. The lowest BCUT2D eigenvalue weighted by Gasteiger charge is -2.18. The van der Waals surface area contributed by atoms with E-state index in [-0.39, 0.29) is 0 Å². The molecule has 0 radical (unpaired) electrons. The first-order chi connectivity index (χ1) is 19.7. The van der Waals surface area contributed by atoms with Crippen LogP contribution in [0.3, 0.4) is 0 Å². The van der Waals surface area contributed by atoms with E-state index in [1.165, 1.54) is 74.9 Å². The second kappa shape index (κ2) is 22.3. The third-order valence-corrected chi connectivity index (χ3v) is 6.64. The standard InChI is InChI=1S/C21H26.C8H10.C7H8.C3H8.C2H6/c1-6-19(21-14-10-8-12-16(21)3)17(4)18(5)20-13-9-7-11-15(20)2;1-7-4-3-5-8(2)6-7;1-7-5-3-2-4-6-7;1-3-2;1-2/h6,8-10,12-14H,7,11H2,1-5H3;3-6H,1-2H3;2-6H,1H3;3H2,1-2H3;1-2H3/b18-17+,19-6+;;;;. The topological polar surface area (TPSA) is 0 Å². The average molecular weight is 551 g/mol. The summed E-state index contributed by atoms with van der Waals surface area (Å²) in [6.45, 7) is 25.6. The van der Waals surface area contributed by atoms with Crippen LogP contribution in [-0.2, 0) is 0 Å². The Bertz CT molecular complexity index is 1230. The fourth-order valence-corrected chi connectivity index (χ4v) is 4.42. The Hall–Kier alpha value is -3.38. The summed E-state index contributed by atoms with van der Waals surface area (Å²) < 4.78 is 0. The zero-order valence-corrected chi connectivity index (χ0v) is 28.4. The third kappa shape index (κ3) is 14.7. The van der Waals surface area contributed by atoms with Crippen LogP contribution in [-0.4, -0.2) is 0 Å². The molecule has 0 unspecified atom stereocenters. The molecule has 0 saturated carbocycles. The van der Waals surface area contributed by atoms with Crippen LogP contribution in [0.2, 0.25) is 0 Å². The molecule has 0 nitrogen and oxygen atoms in total. The third-order valence-electron chi connectivity index (χ3n) is 6.64. The molecule has 0 heteroatoms. The Kier molecular flexibility index (Phi) is 20.5. The second-order valence-electron chi connectivity index (χ2n) is 10.4. The van der Waals surface area contributed by atoms with Gasteiger partial charge in [-0.05, 0) is 102 Å². The first-order valence-corrected chi connectivity index (χ1v) is 15.5. The largest absolute Gasteiger partial charge is 0.0836 e. The number of benzene rings is 3. The maximum absolute atomic E-state index is 2.29. The highest BCUT2D eigenvalue weighted by atomic mass is 14.2. The average Bonchev–Trinajstić information content (AvgIpc) is 2.97. The van der Waals surface area contributed by atoms with Gasteiger partial charge in [-0.1, -0.05) is 153 Å². The molecule has 0 bridgehead atoms. The van der Waals surface area contributed by atoms with Crippen LogP contribution in [0.25, 0.3) is 5.57 Å². The Morgan fingerprint density at radius 3 is 1.63 bits per heavy atom. The van der Waals surface area contributed by atoms with Gasteiger partial charge in [0.25, 0.3) is 0 Å². The molecular formula is C41H58. The van der Waals surface area contributed by atoms with Crippen molar-refractivity contribution >= 4 is 5.57 Å². The van der Waals surface area contributed by atoms with Gasteiger partial charge < -0.3 is 0 Å². The number of allylic oxidation sites excluding steroid dienone is 8.